The van der Waals surface area contributed by atoms with Crippen LogP contribution in [-0.2, 0) is 6.42 Å². The lowest BCUT2D eigenvalue weighted by atomic mass is 9.65. The highest BCUT2D eigenvalue weighted by Crippen LogP contribution is 2.51. The molecule has 10 nitrogen and oxygen atoms in total. The number of ketones is 2. The highest BCUT2D eigenvalue weighted by atomic mass is 16.3. The minimum atomic E-state index is -1.06. The Morgan fingerprint density at radius 2 is 1.42 bits per heavy atom. The van der Waals surface area contributed by atoms with Crippen molar-refractivity contribution in [1.82, 2.24) is 0 Å². The van der Waals surface area contributed by atoms with Crippen LogP contribution in [-0.4, -0.2) is 52.4 Å². The zero-order valence-electron chi connectivity index (χ0n) is 27.6. The van der Waals surface area contributed by atoms with E-state index in [1.54, 1.807) is 12.1 Å². The molecule has 1 aliphatic rings. The van der Waals surface area contributed by atoms with Crippen molar-refractivity contribution in [3.05, 3.63) is 123 Å². The van der Waals surface area contributed by atoms with Gasteiger partial charge in [-0.2, -0.15) is 0 Å². The number of phenolic OH excluding ortho intramolecular Hbond substituents is 8. The number of phenols is 8. The molecular formula is C40H38O10. The second kappa shape index (κ2) is 14.1. The van der Waals surface area contributed by atoms with Crippen LogP contribution in [0.5, 0.6) is 46.0 Å². The van der Waals surface area contributed by atoms with E-state index in [-0.39, 0.29) is 51.7 Å². The first-order valence-corrected chi connectivity index (χ1v) is 15.9. The van der Waals surface area contributed by atoms with Gasteiger partial charge in [0.1, 0.15) is 34.5 Å². The van der Waals surface area contributed by atoms with Gasteiger partial charge >= 0.3 is 0 Å². The molecule has 0 aromatic heterocycles. The Morgan fingerprint density at radius 1 is 0.720 bits per heavy atom. The smallest absolute Gasteiger partial charge is 0.189 e. The third-order valence-corrected chi connectivity index (χ3v) is 8.95. The van der Waals surface area contributed by atoms with Crippen molar-refractivity contribution in [2.45, 2.75) is 45.4 Å². The minimum absolute atomic E-state index is 0.0814. The maximum atomic E-state index is 14.7. The standard InChI is InChI=1S/C40H38O10/c1-20(2)4-5-24-14-30(37(48)18-34(24)45)40(50)39-26(23-8-11-32(43)38(49)15-23)12-21(3)13-28(39)27-17-29(36(47)19-35(27)46)31(42)10-7-22-6-9-25(41)16-33(22)44/h4,6-11,13-19,26,28,39,41,43-49H,5,12H2,1-3H3/b10-7+. The molecule has 3 atom stereocenters. The van der Waals surface area contributed by atoms with Gasteiger partial charge in [0.25, 0.3) is 0 Å². The van der Waals surface area contributed by atoms with Crippen LogP contribution >= 0.6 is 0 Å². The van der Waals surface area contributed by atoms with E-state index in [1.165, 1.54) is 42.5 Å². The first-order valence-electron chi connectivity index (χ1n) is 15.9. The van der Waals surface area contributed by atoms with Gasteiger partial charge in [0.15, 0.2) is 23.1 Å². The summed E-state index contributed by atoms with van der Waals surface area (Å²) in [6.07, 6.45) is 6.65. The lowest BCUT2D eigenvalue weighted by molar-refractivity contribution is 0.0877. The lowest BCUT2D eigenvalue weighted by Gasteiger charge is -2.37. The van der Waals surface area contributed by atoms with E-state index < -0.39 is 52.3 Å². The molecule has 4 aromatic carbocycles. The number of aromatic hydroxyl groups is 8. The summed E-state index contributed by atoms with van der Waals surface area (Å²) in [6, 6.07) is 12.9. The average molecular weight is 679 g/mol. The van der Waals surface area contributed by atoms with Gasteiger partial charge in [-0.15, -0.1) is 0 Å². The van der Waals surface area contributed by atoms with Crippen LogP contribution in [0, 0.1) is 5.92 Å². The van der Waals surface area contributed by atoms with Crippen LogP contribution in [0.1, 0.15) is 82.0 Å². The summed E-state index contributed by atoms with van der Waals surface area (Å²) in [5.41, 5.74) is 2.74. The van der Waals surface area contributed by atoms with E-state index in [0.717, 1.165) is 35.4 Å². The van der Waals surface area contributed by atoms with Gasteiger partial charge in [-0.05, 0) is 99.2 Å². The van der Waals surface area contributed by atoms with Crippen LogP contribution in [0.3, 0.4) is 0 Å². The number of Topliss-reactive ketones (excluding diaryl/α,β-unsaturated/α-hetero) is 1. The third-order valence-electron chi connectivity index (χ3n) is 8.95. The number of hydrogen-bond acceptors (Lipinski definition) is 10. The van der Waals surface area contributed by atoms with Crippen molar-refractivity contribution < 1.29 is 50.4 Å². The fourth-order valence-electron chi connectivity index (χ4n) is 6.39. The highest BCUT2D eigenvalue weighted by molar-refractivity contribution is 6.09. The first kappa shape index (κ1) is 35.2. The Morgan fingerprint density at radius 3 is 2.10 bits per heavy atom. The maximum Gasteiger partial charge on any atom is 0.189 e. The number of benzene rings is 4. The van der Waals surface area contributed by atoms with Gasteiger partial charge < -0.3 is 40.9 Å². The van der Waals surface area contributed by atoms with E-state index in [1.807, 2.05) is 26.8 Å². The molecule has 0 bridgehead atoms. The van der Waals surface area contributed by atoms with Gasteiger partial charge in [-0.25, -0.2) is 0 Å². The summed E-state index contributed by atoms with van der Waals surface area (Å²) in [7, 11) is 0. The normalized spacial score (nSPS) is 17.3. The monoisotopic (exact) mass is 678 g/mol. The Labute approximate surface area is 288 Å². The second-order valence-electron chi connectivity index (χ2n) is 12.8. The molecule has 5 rings (SSSR count). The van der Waals surface area contributed by atoms with Gasteiger partial charge in [-0.1, -0.05) is 29.4 Å². The Balaban J connectivity index is 1.66. The summed E-state index contributed by atoms with van der Waals surface area (Å²) in [5, 5.41) is 83.7. The lowest BCUT2D eigenvalue weighted by Crippen LogP contribution is -2.31. The Hall–Kier alpha value is -6.16. The number of carbonyl (C=O) groups excluding carboxylic acids is 2. The van der Waals surface area contributed by atoms with E-state index in [4.69, 9.17) is 0 Å². The van der Waals surface area contributed by atoms with Crippen molar-refractivity contribution in [1.29, 1.82) is 0 Å². The van der Waals surface area contributed by atoms with Crippen LogP contribution in [0.2, 0.25) is 0 Å². The second-order valence-corrected chi connectivity index (χ2v) is 12.8. The highest BCUT2D eigenvalue weighted by Gasteiger charge is 2.42. The third kappa shape index (κ3) is 7.29. The average Bonchev–Trinajstić information content (AvgIpc) is 3.04. The van der Waals surface area contributed by atoms with Crippen molar-refractivity contribution in [2.75, 3.05) is 0 Å². The van der Waals surface area contributed by atoms with Crippen molar-refractivity contribution >= 4 is 17.6 Å². The van der Waals surface area contributed by atoms with Gasteiger partial charge in [0.05, 0.1) is 11.1 Å². The Kier molecular flexibility index (Phi) is 9.94. The summed E-state index contributed by atoms with van der Waals surface area (Å²) in [6.45, 7) is 5.60. The molecule has 10 heteroatoms. The van der Waals surface area contributed by atoms with E-state index in [9.17, 15) is 50.4 Å². The van der Waals surface area contributed by atoms with Crippen molar-refractivity contribution in [3.8, 4) is 46.0 Å². The molecule has 0 saturated heterocycles. The molecule has 0 radical (unpaired) electrons. The first-order chi connectivity index (χ1) is 23.6. The molecule has 8 N–H and O–H groups in total. The molecule has 4 aromatic rings. The molecule has 3 unspecified atom stereocenters. The Bertz CT molecular complexity index is 2080. The topological polar surface area (TPSA) is 196 Å². The van der Waals surface area contributed by atoms with Gasteiger partial charge in [0, 0.05) is 41.2 Å². The van der Waals surface area contributed by atoms with E-state index in [0.29, 0.717) is 17.5 Å². The number of rotatable bonds is 9. The summed E-state index contributed by atoms with van der Waals surface area (Å²) >= 11 is 0. The molecule has 1 aliphatic carbocycles. The SMILES string of the molecule is CC(C)=CCc1cc(C(=O)C2C(c3cc(C(=O)/C=C/c4ccc(O)cc4O)c(O)cc3O)C=C(C)CC2c2ccc(O)c(O)c2)c(O)cc1O. The fourth-order valence-corrected chi connectivity index (χ4v) is 6.39. The van der Waals surface area contributed by atoms with Crippen molar-refractivity contribution in [2.24, 2.45) is 5.92 Å². The molecule has 0 saturated carbocycles. The predicted octanol–water partition coefficient (Wildman–Crippen LogP) is 7.45. The maximum absolute atomic E-state index is 14.7. The molecule has 50 heavy (non-hydrogen) atoms. The largest absolute Gasteiger partial charge is 0.508 e. The van der Waals surface area contributed by atoms with Crippen LogP contribution < -0.4 is 0 Å². The molecule has 0 amide bonds. The van der Waals surface area contributed by atoms with Crippen molar-refractivity contribution in [3.63, 3.8) is 0 Å². The van der Waals surface area contributed by atoms with Gasteiger partial charge in [-0.3, -0.25) is 9.59 Å². The van der Waals surface area contributed by atoms with E-state index in [2.05, 4.69) is 0 Å². The van der Waals surface area contributed by atoms with Crippen LogP contribution in [0.25, 0.3) is 6.08 Å². The number of hydrogen-bond donors (Lipinski definition) is 8. The quantitative estimate of drug-likeness (QED) is 0.0381. The van der Waals surface area contributed by atoms with Crippen LogP contribution in [0.4, 0.5) is 0 Å². The molecule has 0 heterocycles. The zero-order valence-corrected chi connectivity index (χ0v) is 27.6. The fraction of sp³-hybridized carbons (Fsp3) is 0.200. The zero-order chi connectivity index (χ0) is 36.4. The van der Waals surface area contributed by atoms with Crippen LogP contribution in [0.15, 0.2) is 90.0 Å². The summed E-state index contributed by atoms with van der Waals surface area (Å²) in [4.78, 5) is 28.1. The minimum Gasteiger partial charge on any atom is -0.508 e. The molecular weight excluding hydrogens is 640 g/mol. The molecule has 0 fully saturated rings. The molecule has 0 spiro atoms. The molecule has 258 valence electrons. The van der Waals surface area contributed by atoms with Gasteiger partial charge in [0.2, 0.25) is 0 Å². The number of carbonyl (C=O) groups is 2. The summed E-state index contributed by atoms with van der Waals surface area (Å²) in [5.74, 6) is -6.67. The predicted molar refractivity (Wildman–Crippen MR) is 187 cm³/mol. The summed E-state index contributed by atoms with van der Waals surface area (Å²) < 4.78 is 0. The van der Waals surface area contributed by atoms with E-state index >= 15 is 0 Å². The number of allylic oxidation sites excluding steroid dienone is 5. The molecule has 0 aliphatic heterocycles.